The van der Waals surface area contributed by atoms with Crippen molar-refractivity contribution < 1.29 is 9.53 Å². The van der Waals surface area contributed by atoms with Gasteiger partial charge in [0.2, 0.25) is 5.91 Å². The quantitative estimate of drug-likeness (QED) is 0.473. The van der Waals surface area contributed by atoms with Crippen molar-refractivity contribution in [1.29, 1.82) is 0 Å². The minimum absolute atomic E-state index is 0.0765. The average molecular weight is 377 g/mol. The van der Waals surface area contributed by atoms with Gasteiger partial charge in [-0.3, -0.25) is 4.79 Å². The minimum Gasteiger partial charge on any atom is -0.497 e. The minimum atomic E-state index is -0.0765. The number of nitrogens with one attached hydrogen (secondary N) is 1. The molecule has 0 unspecified atom stereocenters. The summed E-state index contributed by atoms with van der Waals surface area (Å²) < 4.78 is 7.15. The molecule has 0 saturated heterocycles. The maximum Gasteiger partial charge on any atom is 0.234 e. The van der Waals surface area contributed by atoms with Crippen molar-refractivity contribution in [2.45, 2.75) is 50.6 Å². The van der Waals surface area contributed by atoms with Gasteiger partial charge in [0.15, 0.2) is 5.16 Å². The Labute approximate surface area is 159 Å². The Balaban J connectivity index is 1.78. The van der Waals surface area contributed by atoms with Crippen molar-refractivity contribution in [1.82, 2.24) is 14.8 Å². The molecular weight excluding hydrogens is 348 g/mol. The van der Waals surface area contributed by atoms with Crippen LogP contribution in [0.2, 0.25) is 0 Å². The Kier molecular flexibility index (Phi) is 8.47. The summed E-state index contributed by atoms with van der Waals surface area (Å²) in [5.41, 5.74) is 0.723. The molecule has 0 spiro atoms. The first kappa shape index (κ1) is 20.3. The molecule has 0 radical (unpaired) electrons. The molecule has 2 rings (SSSR count). The van der Waals surface area contributed by atoms with Gasteiger partial charge < -0.3 is 14.6 Å². The van der Waals surface area contributed by atoms with Crippen LogP contribution in [0.5, 0.6) is 5.75 Å². The fourth-order valence-electron chi connectivity index (χ4n) is 2.60. The van der Waals surface area contributed by atoms with Crippen molar-refractivity contribution >= 4 is 23.4 Å². The number of hydrogen-bond donors (Lipinski definition) is 1. The number of nitrogens with zero attached hydrogens (tertiary/aromatic N) is 3. The Hall–Kier alpha value is -2.02. The number of amides is 1. The first-order chi connectivity index (χ1) is 12.6. The molecule has 0 fully saturated rings. The van der Waals surface area contributed by atoms with E-state index in [0.717, 1.165) is 29.5 Å². The van der Waals surface area contributed by atoms with Crippen LogP contribution in [0.4, 0.5) is 5.69 Å². The summed E-state index contributed by atoms with van der Waals surface area (Å²) in [6.07, 6.45) is 7.12. The highest BCUT2D eigenvalue weighted by molar-refractivity contribution is 7.99. The van der Waals surface area contributed by atoms with Crippen LogP contribution in [0.3, 0.4) is 0 Å². The number of benzene rings is 1. The molecule has 6 nitrogen and oxygen atoms in total. The second-order valence-corrected chi connectivity index (χ2v) is 7.13. The highest BCUT2D eigenvalue weighted by Gasteiger charge is 2.11. The van der Waals surface area contributed by atoms with Crippen LogP contribution in [0.15, 0.2) is 29.4 Å². The Morgan fingerprint density at radius 3 is 2.81 bits per heavy atom. The van der Waals surface area contributed by atoms with Gasteiger partial charge in [-0.05, 0) is 18.6 Å². The molecule has 1 amide bonds. The van der Waals surface area contributed by atoms with Gasteiger partial charge >= 0.3 is 0 Å². The van der Waals surface area contributed by atoms with Crippen LogP contribution in [0.25, 0.3) is 0 Å². The van der Waals surface area contributed by atoms with Gasteiger partial charge in [0.25, 0.3) is 0 Å². The van der Waals surface area contributed by atoms with E-state index in [1.54, 1.807) is 13.2 Å². The number of hydrogen-bond acceptors (Lipinski definition) is 5. The van der Waals surface area contributed by atoms with Crippen LogP contribution >= 0.6 is 11.8 Å². The van der Waals surface area contributed by atoms with E-state index >= 15 is 0 Å². The third-order valence-corrected chi connectivity index (χ3v) is 5.14. The summed E-state index contributed by atoms with van der Waals surface area (Å²) in [6, 6.07) is 7.32. The molecule has 2 aromatic rings. The number of aryl methyl sites for hydroxylation is 1. The number of ether oxygens (including phenoxy) is 1. The number of unbranched alkanes of at least 4 members (excludes halogenated alkanes) is 4. The predicted molar refractivity (Wildman–Crippen MR) is 106 cm³/mol. The Morgan fingerprint density at radius 2 is 2.04 bits per heavy atom. The zero-order valence-electron chi connectivity index (χ0n) is 15.8. The largest absolute Gasteiger partial charge is 0.497 e. The molecule has 7 heteroatoms. The first-order valence-electron chi connectivity index (χ1n) is 9.09. The standard InChI is InChI=1S/C19H28N4O2S/c1-4-5-6-7-8-12-17-21-22-19(23(17)2)26-14-18(24)20-15-10-9-11-16(13-15)25-3/h9-11,13H,4-8,12,14H2,1-3H3,(H,20,24). The normalized spacial score (nSPS) is 10.7. The summed E-state index contributed by atoms with van der Waals surface area (Å²) >= 11 is 1.40. The van der Waals surface area contributed by atoms with Crippen LogP contribution in [-0.2, 0) is 18.3 Å². The van der Waals surface area contributed by atoms with Gasteiger partial charge in [-0.1, -0.05) is 50.4 Å². The van der Waals surface area contributed by atoms with Gasteiger partial charge in [0.1, 0.15) is 11.6 Å². The van der Waals surface area contributed by atoms with Gasteiger partial charge in [0, 0.05) is 25.2 Å². The molecular formula is C19H28N4O2S. The SMILES string of the molecule is CCCCCCCc1nnc(SCC(=O)Nc2cccc(OC)c2)n1C. The van der Waals surface area contributed by atoms with Crippen molar-refractivity contribution in [3.8, 4) is 5.75 Å². The second kappa shape index (κ2) is 10.9. The van der Waals surface area contributed by atoms with E-state index in [4.69, 9.17) is 4.74 Å². The lowest BCUT2D eigenvalue weighted by Crippen LogP contribution is -2.14. The molecule has 1 aromatic heterocycles. The summed E-state index contributed by atoms with van der Waals surface area (Å²) in [5, 5.41) is 12.1. The summed E-state index contributed by atoms with van der Waals surface area (Å²) in [7, 11) is 3.57. The molecule has 26 heavy (non-hydrogen) atoms. The van der Waals surface area contributed by atoms with Crippen molar-refractivity contribution in [3.05, 3.63) is 30.1 Å². The van der Waals surface area contributed by atoms with Crippen LogP contribution in [0.1, 0.15) is 44.9 Å². The zero-order valence-corrected chi connectivity index (χ0v) is 16.6. The molecule has 0 bridgehead atoms. The molecule has 1 N–H and O–H groups in total. The predicted octanol–water partition coefficient (Wildman–Crippen LogP) is 4.07. The maximum absolute atomic E-state index is 12.1. The molecule has 0 atom stereocenters. The van der Waals surface area contributed by atoms with E-state index in [1.807, 2.05) is 29.8 Å². The number of carbonyl (C=O) groups excluding carboxylic acids is 1. The lowest BCUT2D eigenvalue weighted by atomic mass is 10.1. The molecule has 1 heterocycles. The van der Waals surface area contributed by atoms with E-state index in [1.165, 1.54) is 37.4 Å². The third kappa shape index (κ3) is 6.37. The third-order valence-electron chi connectivity index (χ3n) is 4.11. The van der Waals surface area contributed by atoms with Crippen molar-refractivity contribution in [3.63, 3.8) is 0 Å². The van der Waals surface area contributed by atoms with E-state index in [9.17, 15) is 4.79 Å². The molecule has 1 aromatic carbocycles. The Bertz CT molecular complexity index is 703. The zero-order chi connectivity index (χ0) is 18.8. The topological polar surface area (TPSA) is 69.0 Å². The van der Waals surface area contributed by atoms with Gasteiger partial charge in [0.05, 0.1) is 12.9 Å². The highest BCUT2D eigenvalue weighted by Crippen LogP contribution is 2.19. The lowest BCUT2D eigenvalue weighted by molar-refractivity contribution is -0.113. The number of rotatable bonds is 11. The lowest BCUT2D eigenvalue weighted by Gasteiger charge is -2.07. The number of methoxy groups -OCH3 is 1. The monoisotopic (exact) mass is 376 g/mol. The van der Waals surface area contributed by atoms with Gasteiger partial charge in [-0.2, -0.15) is 0 Å². The van der Waals surface area contributed by atoms with E-state index in [0.29, 0.717) is 11.5 Å². The fourth-order valence-corrected chi connectivity index (χ4v) is 3.33. The fraction of sp³-hybridized carbons (Fsp3) is 0.526. The number of carbonyl (C=O) groups is 1. The van der Waals surface area contributed by atoms with E-state index < -0.39 is 0 Å². The number of aromatic nitrogens is 3. The average Bonchev–Trinajstić information content (AvgIpc) is 3.00. The summed E-state index contributed by atoms with van der Waals surface area (Å²) in [5.74, 6) is 1.91. The maximum atomic E-state index is 12.1. The highest BCUT2D eigenvalue weighted by atomic mass is 32.2. The summed E-state index contributed by atoms with van der Waals surface area (Å²) in [6.45, 7) is 2.22. The number of anilines is 1. The molecule has 0 aliphatic heterocycles. The number of thioether (sulfide) groups is 1. The first-order valence-corrected chi connectivity index (χ1v) is 10.1. The van der Waals surface area contributed by atoms with E-state index in [-0.39, 0.29) is 5.91 Å². The molecule has 142 valence electrons. The smallest absolute Gasteiger partial charge is 0.234 e. The van der Waals surface area contributed by atoms with Crippen molar-refractivity contribution in [2.24, 2.45) is 7.05 Å². The van der Waals surface area contributed by atoms with Crippen LogP contribution in [0, 0.1) is 0 Å². The molecule has 0 aliphatic carbocycles. The van der Waals surface area contributed by atoms with Crippen molar-refractivity contribution in [2.75, 3.05) is 18.2 Å². The second-order valence-electron chi connectivity index (χ2n) is 6.19. The van der Waals surface area contributed by atoms with Crippen LogP contribution < -0.4 is 10.1 Å². The Morgan fingerprint density at radius 1 is 1.23 bits per heavy atom. The molecule has 0 saturated carbocycles. The van der Waals surface area contributed by atoms with E-state index in [2.05, 4.69) is 22.4 Å². The van der Waals surface area contributed by atoms with Gasteiger partial charge in [-0.25, -0.2) is 0 Å². The van der Waals surface area contributed by atoms with Gasteiger partial charge in [-0.15, -0.1) is 10.2 Å². The summed E-state index contributed by atoms with van der Waals surface area (Å²) in [4.78, 5) is 12.1. The molecule has 0 aliphatic rings. The van der Waals surface area contributed by atoms with Crippen LogP contribution in [-0.4, -0.2) is 33.5 Å².